The maximum absolute atomic E-state index is 12.1. The van der Waals surface area contributed by atoms with Crippen LogP contribution in [-0.2, 0) is 21.4 Å². The molecule has 0 aliphatic rings. The van der Waals surface area contributed by atoms with Crippen molar-refractivity contribution in [1.82, 2.24) is 10.0 Å². The molecule has 0 radical (unpaired) electrons. The third-order valence-electron chi connectivity index (χ3n) is 3.42. The number of benzene rings is 2. The second kappa shape index (κ2) is 7.91. The Morgan fingerprint density at radius 3 is 2.08 bits per heavy atom. The lowest BCUT2D eigenvalue weighted by Gasteiger charge is -2.08. The van der Waals surface area contributed by atoms with Crippen LogP contribution < -0.4 is 15.4 Å². The van der Waals surface area contributed by atoms with Gasteiger partial charge in [0.25, 0.3) is 5.91 Å². The van der Waals surface area contributed by atoms with Crippen LogP contribution in [0.1, 0.15) is 22.8 Å². The molecule has 0 aliphatic heterocycles. The van der Waals surface area contributed by atoms with Gasteiger partial charge >= 0.3 is 0 Å². The van der Waals surface area contributed by atoms with Crippen molar-refractivity contribution in [3.63, 3.8) is 0 Å². The van der Waals surface area contributed by atoms with Gasteiger partial charge < -0.3 is 10.6 Å². The quantitative estimate of drug-likeness (QED) is 0.725. The predicted octanol–water partition coefficient (Wildman–Crippen LogP) is 1.48. The van der Waals surface area contributed by atoms with Crippen molar-refractivity contribution in [3.8, 4) is 0 Å². The Bertz CT molecular complexity index is 860. The van der Waals surface area contributed by atoms with E-state index in [0.717, 1.165) is 5.56 Å². The van der Waals surface area contributed by atoms with Crippen LogP contribution in [0.15, 0.2) is 53.4 Å². The van der Waals surface area contributed by atoms with E-state index in [1.54, 1.807) is 24.3 Å². The molecule has 2 aromatic carbocycles. The molecule has 0 bridgehead atoms. The van der Waals surface area contributed by atoms with Gasteiger partial charge in [-0.25, -0.2) is 13.1 Å². The van der Waals surface area contributed by atoms with Crippen molar-refractivity contribution in [2.75, 3.05) is 12.4 Å². The highest BCUT2D eigenvalue weighted by Crippen LogP contribution is 2.11. The normalized spacial score (nSPS) is 11.0. The Hall–Kier alpha value is -2.71. The summed E-state index contributed by atoms with van der Waals surface area (Å²) in [7, 11) is -2.19. The summed E-state index contributed by atoms with van der Waals surface area (Å²) in [5.41, 5.74) is 1.92. The highest BCUT2D eigenvalue weighted by Gasteiger charge is 2.12. The van der Waals surface area contributed by atoms with E-state index >= 15 is 0 Å². The highest BCUT2D eigenvalue weighted by molar-refractivity contribution is 7.89. The number of anilines is 1. The Kier molecular flexibility index (Phi) is 5.89. The molecule has 7 nitrogen and oxygen atoms in total. The van der Waals surface area contributed by atoms with E-state index < -0.39 is 10.0 Å². The third-order valence-corrected chi connectivity index (χ3v) is 4.85. The number of carbonyl (C=O) groups is 2. The number of sulfonamides is 1. The van der Waals surface area contributed by atoms with Gasteiger partial charge in [0.15, 0.2) is 0 Å². The molecule has 0 atom stereocenters. The van der Waals surface area contributed by atoms with E-state index in [1.807, 2.05) is 0 Å². The SMILES string of the molecule is CNS(=O)(=O)c1ccc(C(=O)NCc2ccc(NC(C)=O)cc2)cc1. The van der Waals surface area contributed by atoms with Crippen LogP contribution in [0.25, 0.3) is 0 Å². The van der Waals surface area contributed by atoms with Crippen LogP contribution in [-0.4, -0.2) is 27.3 Å². The minimum Gasteiger partial charge on any atom is -0.348 e. The molecule has 2 amide bonds. The van der Waals surface area contributed by atoms with Gasteiger partial charge in [-0.1, -0.05) is 12.1 Å². The predicted molar refractivity (Wildman–Crippen MR) is 94.6 cm³/mol. The van der Waals surface area contributed by atoms with Crippen molar-refractivity contribution in [2.24, 2.45) is 0 Å². The number of hydrogen-bond acceptors (Lipinski definition) is 4. The smallest absolute Gasteiger partial charge is 0.251 e. The van der Waals surface area contributed by atoms with Crippen molar-refractivity contribution in [3.05, 3.63) is 59.7 Å². The summed E-state index contributed by atoms with van der Waals surface area (Å²) in [6.07, 6.45) is 0. The molecule has 0 unspecified atom stereocenters. The zero-order chi connectivity index (χ0) is 18.4. The molecule has 25 heavy (non-hydrogen) atoms. The first-order chi connectivity index (χ1) is 11.8. The number of hydrogen-bond donors (Lipinski definition) is 3. The second-order valence-corrected chi connectivity index (χ2v) is 7.18. The van der Waals surface area contributed by atoms with E-state index in [4.69, 9.17) is 0 Å². The Morgan fingerprint density at radius 1 is 0.960 bits per heavy atom. The molecule has 0 aromatic heterocycles. The average Bonchev–Trinajstić information content (AvgIpc) is 2.60. The van der Waals surface area contributed by atoms with Crippen LogP contribution in [0.4, 0.5) is 5.69 Å². The van der Waals surface area contributed by atoms with E-state index in [1.165, 1.54) is 38.2 Å². The minimum atomic E-state index is -3.52. The average molecular weight is 361 g/mol. The number of rotatable bonds is 6. The summed E-state index contributed by atoms with van der Waals surface area (Å²) in [5, 5.41) is 5.42. The maximum Gasteiger partial charge on any atom is 0.251 e. The lowest BCUT2D eigenvalue weighted by Crippen LogP contribution is -2.23. The molecular formula is C17H19N3O4S. The third kappa shape index (κ3) is 5.13. The summed E-state index contributed by atoms with van der Waals surface area (Å²) in [5.74, 6) is -0.455. The van der Waals surface area contributed by atoms with Gasteiger partial charge in [-0.3, -0.25) is 9.59 Å². The van der Waals surface area contributed by atoms with Gasteiger partial charge in [-0.15, -0.1) is 0 Å². The van der Waals surface area contributed by atoms with Gasteiger partial charge in [0.1, 0.15) is 0 Å². The topological polar surface area (TPSA) is 104 Å². The van der Waals surface area contributed by atoms with E-state index in [9.17, 15) is 18.0 Å². The second-order valence-electron chi connectivity index (χ2n) is 5.29. The Morgan fingerprint density at radius 2 is 1.56 bits per heavy atom. The van der Waals surface area contributed by atoms with Crippen molar-refractivity contribution < 1.29 is 18.0 Å². The zero-order valence-electron chi connectivity index (χ0n) is 13.9. The van der Waals surface area contributed by atoms with E-state index in [0.29, 0.717) is 17.8 Å². The summed E-state index contributed by atoms with van der Waals surface area (Å²) in [6, 6.07) is 12.8. The van der Waals surface area contributed by atoms with Gasteiger partial charge in [0.2, 0.25) is 15.9 Å². The first-order valence-electron chi connectivity index (χ1n) is 7.50. The molecule has 0 spiro atoms. The fraction of sp³-hybridized carbons (Fsp3) is 0.176. The van der Waals surface area contributed by atoms with Crippen molar-refractivity contribution in [2.45, 2.75) is 18.4 Å². The Labute approximate surface area is 146 Å². The van der Waals surface area contributed by atoms with Gasteiger partial charge in [-0.2, -0.15) is 0 Å². The van der Waals surface area contributed by atoms with E-state index in [2.05, 4.69) is 15.4 Å². The molecule has 8 heteroatoms. The molecule has 0 fully saturated rings. The zero-order valence-corrected chi connectivity index (χ0v) is 14.7. The van der Waals surface area contributed by atoms with Gasteiger partial charge in [-0.05, 0) is 49.0 Å². The van der Waals surface area contributed by atoms with Crippen LogP contribution >= 0.6 is 0 Å². The van der Waals surface area contributed by atoms with Gasteiger partial charge in [0, 0.05) is 24.7 Å². The lowest BCUT2D eigenvalue weighted by atomic mass is 10.2. The molecule has 0 heterocycles. The maximum atomic E-state index is 12.1. The van der Waals surface area contributed by atoms with Crippen LogP contribution in [0.2, 0.25) is 0 Å². The standard InChI is InChI=1S/C17H19N3O4S/c1-12(21)20-15-7-3-13(4-8-15)11-19-17(22)14-5-9-16(10-6-14)25(23,24)18-2/h3-10,18H,11H2,1-2H3,(H,19,22)(H,20,21). The van der Waals surface area contributed by atoms with Crippen LogP contribution in [0.3, 0.4) is 0 Å². The number of nitrogens with one attached hydrogen (secondary N) is 3. The molecule has 2 aromatic rings. The monoisotopic (exact) mass is 361 g/mol. The fourth-order valence-corrected chi connectivity index (χ4v) is 2.83. The molecule has 0 saturated heterocycles. The minimum absolute atomic E-state index is 0.0973. The molecule has 2 rings (SSSR count). The van der Waals surface area contributed by atoms with E-state index in [-0.39, 0.29) is 16.7 Å². The summed E-state index contributed by atoms with van der Waals surface area (Å²) >= 11 is 0. The number of carbonyl (C=O) groups excluding carboxylic acids is 2. The molecular weight excluding hydrogens is 342 g/mol. The van der Waals surface area contributed by atoms with Crippen LogP contribution in [0, 0.1) is 0 Å². The number of amides is 2. The molecule has 3 N–H and O–H groups in total. The fourth-order valence-electron chi connectivity index (χ4n) is 2.10. The highest BCUT2D eigenvalue weighted by atomic mass is 32.2. The largest absolute Gasteiger partial charge is 0.348 e. The first-order valence-corrected chi connectivity index (χ1v) is 8.98. The summed E-state index contributed by atoms with van der Waals surface area (Å²) in [4.78, 5) is 23.2. The van der Waals surface area contributed by atoms with Crippen molar-refractivity contribution in [1.29, 1.82) is 0 Å². The molecule has 0 saturated carbocycles. The van der Waals surface area contributed by atoms with Gasteiger partial charge in [0.05, 0.1) is 4.90 Å². The Balaban J connectivity index is 1.97. The van der Waals surface area contributed by atoms with Crippen molar-refractivity contribution >= 4 is 27.5 Å². The van der Waals surface area contributed by atoms with Crippen LogP contribution in [0.5, 0.6) is 0 Å². The lowest BCUT2D eigenvalue weighted by molar-refractivity contribution is -0.114. The molecule has 0 aliphatic carbocycles. The summed E-state index contributed by atoms with van der Waals surface area (Å²) in [6.45, 7) is 1.75. The first kappa shape index (κ1) is 18.6. The molecule has 132 valence electrons. The summed E-state index contributed by atoms with van der Waals surface area (Å²) < 4.78 is 25.5.